The van der Waals surface area contributed by atoms with Gasteiger partial charge < -0.3 is 5.43 Å². The number of halogens is 2. The van der Waals surface area contributed by atoms with E-state index in [1.54, 1.807) is 6.07 Å². The van der Waals surface area contributed by atoms with Gasteiger partial charge in [0.1, 0.15) is 0 Å². The van der Waals surface area contributed by atoms with Crippen molar-refractivity contribution in [1.82, 2.24) is 15.2 Å². The van der Waals surface area contributed by atoms with Crippen LogP contribution in [0.15, 0.2) is 6.07 Å². The van der Waals surface area contributed by atoms with Crippen LogP contribution in [0, 0.1) is 0 Å². The van der Waals surface area contributed by atoms with Crippen molar-refractivity contribution in [2.45, 2.75) is 19.3 Å². The highest BCUT2D eigenvalue weighted by molar-refractivity contribution is 6.33. The number of hydrogen-bond acceptors (Lipinski definition) is 4. The summed E-state index contributed by atoms with van der Waals surface area (Å²) in [6, 6.07) is 1.69. The molecule has 1 aromatic rings. The second-order valence-corrected chi connectivity index (χ2v) is 4.28. The van der Waals surface area contributed by atoms with Crippen molar-refractivity contribution in [1.29, 1.82) is 0 Å². The highest BCUT2D eigenvalue weighted by Crippen LogP contribution is 2.22. The van der Waals surface area contributed by atoms with E-state index in [9.17, 15) is 0 Å². The van der Waals surface area contributed by atoms with E-state index < -0.39 is 0 Å². The van der Waals surface area contributed by atoms with Crippen LogP contribution in [0.2, 0.25) is 10.3 Å². The predicted molar refractivity (Wildman–Crippen MR) is 61.1 cm³/mol. The number of nitrogens with one attached hydrogen (secondary N) is 1. The maximum atomic E-state index is 5.89. The molecule has 1 aromatic heterocycles. The molecule has 1 aliphatic rings. The Morgan fingerprint density at radius 1 is 1.13 bits per heavy atom. The van der Waals surface area contributed by atoms with Crippen LogP contribution in [0.25, 0.3) is 0 Å². The summed E-state index contributed by atoms with van der Waals surface area (Å²) in [6.45, 7) is 2.05. The van der Waals surface area contributed by atoms with Crippen LogP contribution in [0.3, 0.4) is 0 Å². The van der Waals surface area contributed by atoms with Gasteiger partial charge in [-0.15, -0.1) is 10.2 Å². The van der Waals surface area contributed by atoms with Crippen molar-refractivity contribution < 1.29 is 0 Å². The third-order valence-electron chi connectivity index (χ3n) is 2.35. The molecule has 1 N–H and O–H groups in total. The molecule has 0 radical (unpaired) electrons. The van der Waals surface area contributed by atoms with Gasteiger partial charge in [-0.2, -0.15) is 0 Å². The monoisotopic (exact) mass is 246 g/mol. The first-order valence-corrected chi connectivity index (χ1v) is 5.71. The summed E-state index contributed by atoms with van der Waals surface area (Å²) in [5, 5.41) is 10.2. The Morgan fingerprint density at radius 2 is 1.87 bits per heavy atom. The molecule has 6 heteroatoms. The summed E-state index contributed by atoms with van der Waals surface area (Å²) in [5.74, 6) is 0. The molecule has 82 valence electrons. The number of anilines is 1. The van der Waals surface area contributed by atoms with Crippen LogP contribution < -0.4 is 5.43 Å². The van der Waals surface area contributed by atoms with E-state index in [4.69, 9.17) is 23.2 Å². The van der Waals surface area contributed by atoms with Crippen LogP contribution in [0.5, 0.6) is 0 Å². The van der Waals surface area contributed by atoms with Crippen molar-refractivity contribution in [2.75, 3.05) is 18.5 Å². The number of piperidine rings is 1. The molecule has 1 saturated heterocycles. The standard InChI is InChI=1S/C9H12Cl2N4/c10-8-6-7(9(11)13-12-8)14-15-4-2-1-3-5-15/h6H,1-5H2,(H,12,14). The van der Waals surface area contributed by atoms with Gasteiger partial charge in [-0.25, -0.2) is 5.01 Å². The van der Waals surface area contributed by atoms with Gasteiger partial charge in [-0.1, -0.05) is 29.6 Å². The number of rotatable bonds is 2. The van der Waals surface area contributed by atoms with Crippen LogP contribution in [0.1, 0.15) is 19.3 Å². The first kappa shape index (κ1) is 10.9. The van der Waals surface area contributed by atoms with Gasteiger partial charge in [0.15, 0.2) is 10.3 Å². The molecular formula is C9H12Cl2N4. The lowest BCUT2D eigenvalue weighted by atomic mass is 10.2. The van der Waals surface area contributed by atoms with Gasteiger partial charge in [0.2, 0.25) is 0 Å². The van der Waals surface area contributed by atoms with Gasteiger partial charge in [0.25, 0.3) is 0 Å². The molecule has 4 nitrogen and oxygen atoms in total. The fraction of sp³-hybridized carbons (Fsp3) is 0.556. The summed E-state index contributed by atoms with van der Waals surface area (Å²) in [6.07, 6.45) is 3.70. The van der Waals surface area contributed by atoms with Gasteiger partial charge in [0.05, 0.1) is 5.69 Å². The molecule has 1 aliphatic heterocycles. The Balaban J connectivity index is 2.05. The lowest BCUT2D eigenvalue weighted by Gasteiger charge is -2.27. The molecule has 15 heavy (non-hydrogen) atoms. The summed E-state index contributed by atoms with van der Waals surface area (Å²) in [4.78, 5) is 0. The molecule has 0 amide bonds. The quantitative estimate of drug-likeness (QED) is 0.872. The summed E-state index contributed by atoms with van der Waals surface area (Å²) in [7, 11) is 0. The minimum atomic E-state index is 0.346. The maximum Gasteiger partial charge on any atom is 0.176 e. The second-order valence-electron chi connectivity index (χ2n) is 3.53. The molecule has 0 saturated carbocycles. The topological polar surface area (TPSA) is 41.0 Å². The van der Waals surface area contributed by atoms with E-state index in [1.165, 1.54) is 19.3 Å². The highest BCUT2D eigenvalue weighted by atomic mass is 35.5. The van der Waals surface area contributed by atoms with Gasteiger partial charge in [-0.05, 0) is 12.8 Å². The van der Waals surface area contributed by atoms with Crippen molar-refractivity contribution >= 4 is 28.9 Å². The first-order chi connectivity index (χ1) is 7.25. The first-order valence-electron chi connectivity index (χ1n) is 4.96. The SMILES string of the molecule is Clc1cc(NN2CCCCC2)c(Cl)nn1. The smallest absolute Gasteiger partial charge is 0.176 e. The number of nitrogens with zero attached hydrogens (tertiary/aromatic N) is 3. The Labute approximate surface area is 98.5 Å². The van der Waals surface area contributed by atoms with Crippen LogP contribution in [0.4, 0.5) is 5.69 Å². The average molecular weight is 247 g/mol. The van der Waals surface area contributed by atoms with Crippen molar-refractivity contribution in [2.24, 2.45) is 0 Å². The van der Waals surface area contributed by atoms with E-state index >= 15 is 0 Å². The van der Waals surface area contributed by atoms with E-state index in [-0.39, 0.29) is 0 Å². The lowest BCUT2D eigenvalue weighted by molar-refractivity contribution is 0.273. The minimum absolute atomic E-state index is 0.346. The third-order valence-corrected chi connectivity index (χ3v) is 2.82. The van der Waals surface area contributed by atoms with Crippen LogP contribution in [-0.2, 0) is 0 Å². The second kappa shape index (κ2) is 4.96. The highest BCUT2D eigenvalue weighted by Gasteiger charge is 2.12. The normalized spacial score (nSPS) is 17.7. The summed E-state index contributed by atoms with van der Waals surface area (Å²) >= 11 is 11.6. The van der Waals surface area contributed by atoms with E-state index in [0.29, 0.717) is 10.3 Å². The average Bonchev–Trinajstić information content (AvgIpc) is 2.25. The van der Waals surface area contributed by atoms with Crippen LogP contribution in [-0.4, -0.2) is 28.3 Å². The zero-order valence-electron chi connectivity index (χ0n) is 8.21. The maximum absolute atomic E-state index is 5.89. The molecule has 1 fully saturated rings. The lowest BCUT2D eigenvalue weighted by Crippen LogP contribution is -2.35. The largest absolute Gasteiger partial charge is 0.316 e. The predicted octanol–water partition coefficient (Wildman–Crippen LogP) is 2.60. The molecule has 0 bridgehead atoms. The van der Waals surface area contributed by atoms with Gasteiger partial charge >= 0.3 is 0 Å². The molecule has 0 spiro atoms. The summed E-state index contributed by atoms with van der Waals surface area (Å²) < 4.78 is 0. The fourth-order valence-electron chi connectivity index (χ4n) is 1.61. The molecule has 2 rings (SSSR count). The molecule has 2 heterocycles. The Kier molecular flexibility index (Phi) is 3.61. The van der Waals surface area contributed by atoms with Gasteiger partial charge in [0, 0.05) is 19.2 Å². The minimum Gasteiger partial charge on any atom is -0.316 e. The van der Waals surface area contributed by atoms with E-state index in [2.05, 4.69) is 20.6 Å². The van der Waals surface area contributed by atoms with Crippen molar-refractivity contribution in [3.8, 4) is 0 Å². The Hall–Kier alpha value is -0.580. The molecule has 0 aliphatic carbocycles. The molecule has 0 unspecified atom stereocenters. The molecule has 0 aromatic carbocycles. The Bertz CT molecular complexity index is 339. The fourth-order valence-corrected chi connectivity index (χ4v) is 1.89. The van der Waals surface area contributed by atoms with E-state index in [0.717, 1.165) is 18.8 Å². The zero-order valence-corrected chi connectivity index (χ0v) is 9.72. The number of aromatic nitrogens is 2. The molecule has 0 atom stereocenters. The van der Waals surface area contributed by atoms with Crippen LogP contribution >= 0.6 is 23.2 Å². The zero-order chi connectivity index (χ0) is 10.7. The van der Waals surface area contributed by atoms with Crippen molar-refractivity contribution in [3.05, 3.63) is 16.4 Å². The molecular weight excluding hydrogens is 235 g/mol. The van der Waals surface area contributed by atoms with Crippen molar-refractivity contribution in [3.63, 3.8) is 0 Å². The Morgan fingerprint density at radius 3 is 2.60 bits per heavy atom. The number of hydrogen-bond donors (Lipinski definition) is 1. The number of hydrazine groups is 1. The third kappa shape index (κ3) is 2.93. The summed E-state index contributed by atoms with van der Waals surface area (Å²) in [5.41, 5.74) is 3.93. The van der Waals surface area contributed by atoms with Gasteiger partial charge in [-0.3, -0.25) is 0 Å². The van der Waals surface area contributed by atoms with E-state index in [1.807, 2.05) is 0 Å².